The van der Waals surface area contributed by atoms with Crippen LogP contribution in [0, 0.1) is 23.2 Å². The molecular weight excluding hydrogens is 256 g/mol. The van der Waals surface area contributed by atoms with E-state index in [-0.39, 0.29) is 0 Å². The van der Waals surface area contributed by atoms with Gasteiger partial charge in [-0.1, -0.05) is 6.42 Å². The van der Waals surface area contributed by atoms with Crippen LogP contribution < -0.4 is 0 Å². The van der Waals surface area contributed by atoms with Crippen molar-refractivity contribution >= 4 is 5.97 Å². The Morgan fingerprint density at radius 1 is 1.40 bits per heavy atom. The molecule has 6 nitrogen and oxygen atoms in total. The predicted octanol–water partition coefficient (Wildman–Crippen LogP) is 1.76. The topological polar surface area (TPSA) is 80.9 Å². The first-order valence-corrected chi connectivity index (χ1v) is 7.44. The summed E-state index contributed by atoms with van der Waals surface area (Å²) in [6.07, 6.45) is 6.28. The molecule has 1 heterocycles. The molecule has 0 radical (unpaired) electrons. The summed E-state index contributed by atoms with van der Waals surface area (Å²) in [7, 11) is 0. The highest BCUT2D eigenvalue weighted by Crippen LogP contribution is 2.49. The minimum absolute atomic E-state index is 0.325. The van der Waals surface area contributed by atoms with E-state index in [4.69, 9.17) is 0 Å². The van der Waals surface area contributed by atoms with Crippen LogP contribution in [0.2, 0.25) is 0 Å². The van der Waals surface area contributed by atoms with Crippen LogP contribution in [0.1, 0.15) is 45.4 Å². The van der Waals surface area contributed by atoms with Gasteiger partial charge >= 0.3 is 5.97 Å². The third kappa shape index (κ3) is 2.43. The highest BCUT2D eigenvalue weighted by Gasteiger charge is 2.40. The number of aromatic nitrogens is 4. The first-order valence-electron chi connectivity index (χ1n) is 7.44. The van der Waals surface area contributed by atoms with Gasteiger partial charge in [-0.05, 0) is 61.3 Å². The Hall–Kier alpha value is -1.46. The van der Waals surface area contributed by atoms with Crippen LogP contribution in [0.3, 0.4) is 0 Å². The molecule has 1 aromatic rings. The molecule has 110 valence electrons. The molecule has 0 amide bonds. The molecule has 0 aromatic carbocycles. The number of fused-ring (bicyclic) bond motifs is 2. The number of aliphatic carboxylic acids is 1. The average Bonchev–Trinajstić information content (AvgIpc) is 3.06. The van der Waals surface area contributed by atoms with Crippen molar-refractivity contribution in [2.45, 2.75) is 52.5 Å². The van der Waals surface area contributed by atoms with E-state index in [2.05, 4.69) is 15.5 Å². The Labute approximate surface area is 118 Å². The Bertz CT molecular complexity index is 511. The van der Waals surface area contributed by atoms with Gasteiger partial charge in [0.1, 0.15) is 0 Å². The zero-order valence-electron chi connectivity index (χ0n) is 12.1. The van der Waals surface area contributed by atoms with Crippen molar-refractivity contribution in [3.8, 4) is 0 Å². The number of hydrogen-bond acceptors (Lipinski definition) is 4. The number of nitrogens with zero attached hydrogens (tertiary/aromatic N) is 4. The van der Waals surface area contributed by atoms with Gasteiger partial charge in [-0.25, -0.2) is 4.68 Å². The van der Waals surface area contributed by atoms with Gasteiger partial charge < -0.3 is 5.11 Å². The molecule has 20 heavy (non-hydrogen) atoms. The van der Waals surface area contributed by atoms with Crippen molar-refractivity contribution in [3.63, 3.8) is 0 Å². The van der Waals surface area contributed by atoms with Gasteiger partial charge in [0.25, 0.3) is 0 Å². The fourth-order valence-corrected chi connectivity index (χ4v) is 3.80. The van der Waals surface area contributed by atoms with Gasteiger partial charge in [-0.3, -0.25) is 4.79 Å². The summed E-state index contributed by atoms with van der Waals surface area (Å²) in [5.74, 6) is 2.45. The van der Waals surface area contributed by atoms with E-state index in [9.17, 15) is 9.90 Å². The minimum atomic E-state index is -0.848. The van der Waals surface area contributed by atoms with Crippen LogP contribution >= 0.6 is 0 Å². The summed E-state index contributed by atoms with van der Waals surface area (Å²) in [5, 5.41) is 21.1. The van der Waals surface area contributed by atoms with Gasteiger partial charge in [0.15, 0.2) is 5.82 Å². The van der Waals surface area contributed by atoms with Crippen molar-refractivity contribution in [3.05, 3.63) is 5.82 Å². The highest BCUT2D eigenvalue weighted by molar-refractivity contribution is 5.73. The maximum absolute atomic E-state index is 11.2. The van der Waals surface area contributed by atoms with Gasteiger partial charge in [0.2, 0.25) is 0 Å². The molecule has 3 atom stereocenters. The fraction of sp³-hybridized carbons (Fsp3) is 0.857. The van der Waals surface area contributed by atoms with E-state index in [1.54, 1.807) is 18.5 Å². The average molecular weight is 278 g/mol. The first kappa shape index (κ1) is 13.5. The van der Waals surface area contributed by atoms with Crippen molar-refractivity contribution in [2.24, 2.45) is 23.2 Å². The Morgan fingerprint density at radius 3 is 2.80 bits per heavy atom. The summed E-state index contributed by atoms with van der Waals surface area (Å²) >= 11 is 0. The maximum atomic E-state index is 11.2. The van der Waals surface area contributed by atoms with E-state index in [1.165, 1.54) is 25.7 Å². The molecule has 2 bridgehead atoms. The second-order valence-electron chi connectivity index (χ2n) is 7.08. The molecule has 6 heteroatoms. The van der Waals surface area contributed by atoms with Gasteiger partial charge in [-0.2, -0.15) is 0 Å². The standard InChI is InChI=1S/C14H22N4O2/c1-14(2,13(19)20)8-18-12(15-16-17-18)7-11-6-9-3-4-10(11)5-9/h9-11H,3-8H2,1-2H3,(H,19,20). The Balaban J connectivity index is 1.69. The lowest BCUT2D eigenvalue weighted by Crippen LogP contribution is -2.31. The smallest absolute Gasteiger partial charge is 0.310 e. The summed E-state index contributed by atoms with van der Waals surface area (Å²) < 4.78 is 1.68. The molecule has 1 N–H and O–H groups in total. The summed E-state index contributed by atoms with van der Waals surface area (Å²) in [4.78, 5) is 11.2. The van der Waals surface area contributed by atoms with Crippen LogP contribution in [-0.2, 0) is 17.8 Å². The lowest BCUT2D eigenvalue weighted by atomic mass is 9.86. The first-order chi connectivity index (χ1) is 9.45. The summed E-state index contributed by atoms with van der Waals surface area (Å²) in [6.45, 7) is 3.74. The molecule has 2 fully saturated rings. The van der Waals surface area contributed by atoms with Crippen LogP contribution in [0.25, 0.3) is 0 Å². The largest absolute Gasteiger partial charge is 0.481 e. The normalized spacial score (nSPS) is 29.0. The van der Waals surface area contributed by atoms with E-state index < -0.39 is 11.4 Å². The van der Waals surface area contributed by atoms with Crippen LogP contribution in [0.4, 0.5) is 0 Å². The van der Waals surface area contributed by atoms with Crippen LogP contribution in [0.15, 0.2) is 0 Å². The molecule has 1 aromatic heterocycles. The number of rotatable bonds is 5. The molecule has 0 aliphatic heterocycles. The molecule has 0 saturated heterocycles. The zero-order chi connectivity index (χ0) is 14.3. The predicted molar refractivity (Wildman–Crippen MR) is 71.9 cm³/mol. The molecule has 0 spiro atoms. The number of hydrogen-bond donors (Lipinski definition) is 1. The van der Waals surface area contributed by atoms with E-state index in [0.29, 0.717) is 12.5 Å². The van der Waals surface area contributed by atoms with Gasteiger partial charge in [0, 0.05) is 6.42 Å². The van der Waals surface area contributed by atoms with E-state index >= 15 is 0 Å². The highest BCUT2D eigenvalue weighted by atomic mass is 16.4. The molecule has 2 saturated carbocycles. The molecule has 3 rings (SSSR count). The van der Waals surface area contributed by atoms with Gasteiger partial charge in [0.05, 0.1) is 12.0 Å². The summed E-state index contributed by atoms with van der Waals surface area (Å²) in [6, 6.07) is 0. The fourth-order valence-electron chi connectivity index (χ4n) is 3.80. The second kappa shape index (κ2) is 4.82. The third-order valence-electron chi connectivity index (χ3n) is 5.06. The number of carboxylic acids is 1. The number of carboxylic acid groups (broad SMARTS) is 1. The monoisotopic (exact) mass is 278 g/mol. The Morgan fingerprint density at radius 2 is 2.20 bits per heavy atom. The van der Waals surface area contributed by atoms with Crippen molar-refractivity contribution in [1.82, 2.24) is 20.2 Å². The van der Waals surface area contributed by atoms with Crippen LogP contribution in [0.5, 0.6) is 0 Å². The quantitative estimate of drug-likeness (QED) is 0.887. The zero-order valence-corrected chi connectivity index (χ0v) is 12.1. The van der Waals surface area contributed by atoms with E-state index in [0.717, 1.165) is 24.1 Å². The van der Waals surface area contributed by atoms with Crippen LogP contribution in [-0.4, -0.2) is 31.3 Å². The van der Waals surface area contributed by atoms with Crippen molar-refractivity contribution in [1.29, 1.82) is 0 Å². The van der Waals surface area contributed by atoms with Crippen molar-refractivity contribution in [2.75, 3.05) is 0 Å². The molecule has 3 unspecified atom stereocenters. The van der Waals surface area contributed by atoms with E-state index in [1.807, 2.05) is 0 Å². The lowest BCUT2D eigenvalue weighted by molar-refractivity contribution is -0.147. The van der Waals surface area contributed by atoms with Crippen molar-refractivity contribution < 1.29 is 9.90 Å². The second-order valence-corrected chi connectivity index (χ2v) is 7.08. The number of tetrazole rings is 1. The third-order valence-corrected chi connectivity index (χ3v) is 5.06. The molecule has 2 aliphatic carbocycles. The Kier molecular flexibility index (Phi) is 3.26. The SMILES string of the molecule is CC(C)(Cn1nnnc1CC1CC2CCC1C2)C(=O)O. The summed E-state index contributed by atoms with van der Waals surface area (Å²) in [5.41, 5.74) is -0.848. The molecule has 2 aliphatic rings. The maximum Gasteiger partial charge on any atom is 0.310 e. The molecular formula is C14H22N4O2. The lowest BCUT2D eigenvalue weighted by Gasteiger charge is -2.22. The minimum Gasteiger partial charge on any atom is -0.481 e. The van der Waals surface area contributed by atoms with Gasteiger partial charge in [-0.15, -0.1) is 5.10 Å². The number of carbonyl (C=O) groups is 1.